The lowest BCUT2D eigenvalue weighted by atomic mass is 10.3. The molecule has 0 aliphatic carbocycles. The largest absolute Gasteiger partial charge is 0.326 e. The van der Waals surface area contributed by atoms with Gasteiger partial charge in [-0.2, -0.15) is 0 Å². The van der Waals surface area contributed by atoms with Crippen molar-refractivity contribution in [2.75, 3.05) is 10.0 Å². The van der Waals surface area contributed by atoms with E-state index in [1.165, 1.54) is 49.4 Å². The Kier molecular flexibility index (Phi) is 5.11. The van der Waals surface area contributed by atoms with Crippen LogP contribution >= 0.6 is 0 Å². The summed E-state index contributed by atoms with van der Waals surface area (Å²) in [7, 11) is -3.90. The molecule has 0 atom stereocenters. The molecule has 2 rings (SSSR count). The molecule has 2 amide bonds. The highest BCUT2D eigenvalue weighted by Crippen LogP contribution is 2.17. The van der Waals surface area contributed by atoms with Gasteiger partial charge in [0.2, 0.25) is 5.91 Å². The standard InChI is InChI=1S/C14H15N5O4S/c1-9(20)16-10-5-7-11(8-6-10)24(22,23)19-13-4-2-3-12(17-13)14(21)18-15/h2-8H,15H2,1H3,(H,16,20)(H,17,19)(H,18,21). The van der Waals surface area contributed by atoms with Crippen LogP contribution in [0.1, 0.15) is 17.4 Å². The van der Waals surface area contributed by atoms with E-state index >= 15 is 0 Å². The number of hydrogen-bond donors (Lipinski definition) is 4. The fraction of sp³-hybridized carbons (Fsp3) is 0.0714. The van der Waals surface area contributed by atoms with E-state index in [0.717, 1.165) is 0 Å². The molecule has 0 bridgehead atoms. The molecule has 1 heterocycles. The number of hydrogen-bond acceptors (Lipinski definition) is 6. The number of rotatable bonds is 5. The SMILES string of the molecule is CC(=O)Nc1ccc(S(=O)(=O)Nc2cccc(C(=O)NN)n2)cc1. The monoisotopic (exact) mass is 349 g/mol. The van der Waals surface area contributed by atoms with Crippen LogP contribution < -0.4 is 21.3 Å². The maximum Gasteiger partial charge on any atom is 0.283 e. The first kappa shape index (κ1) is 17.4. The number of carbonyl (C=O) groups is 2. The van der Waals surface area contributed by atoms with Crippen LogP contribution in [0.25, 0.3) is 0 Å². The summed E-state index contributed by atoms with van der Waals surface area (Å²) in [5.74, 6) is 4.08. The summed E-state index contributed by atoms with van der Waals surface area (Å²) in [5.41, 5.74) is 2.36. The van der Waals surface area contributed by atoms with Gasteiger partial charge in [-0.15, -0.1) is 0 Å². The zero-order valence-electron chi connectivity index (χ0n) is 12.6. The van der Waals surface area contributed by atoms with Crippen molar-refractivity contribution in [1.82, 2.24) is 10.4 Å². The van der Waals surface area contributed by atoms with E-state index in [0.29, 0.717) is 5.69 Å². The van der Waals surface area contributed by atoms with Crippen molar-refractivity contribution in [3.8, 4) is 0 Å². The van der Waals surface area contributed by atoms with Crippen molar-refractivity contribution in [1.29, 1.82) is 0 Å². The van der Waals surface area contributed by atoms with Crippen LogP contribution in [0.3, 0.4) is 0 Å². The highest BCUT2D eigenvalue weighted by atomic mass is 32.2. The number of nitrogens with two attached hydrogens (primary N) is 1. The van der Waals surface area contributed by atoms with Crippen molar-refractivity contribution in [2.45, 2.75) is 11.8 Å². The minimum Gasteiger partial charge on any atom is -0.326 e. The van der Waals surface area contributed by atoms with Crippen molar-refractivity contribution in [3.05, 3.63) is 48.2 Å². The average molecular weight is 349 g/mol. The molecule has 0 saturated carbocycles. The number of nitrogen functional groups attached to an aromatic ring is 1. The molecule has 5 N–H and O–H groups in total. The van der Waals surface area contributed by atoms with Crippen LogP contribution in [0, 0.1) is 0 Å². The van der Waals surface area contributed by atoms with Crippen LogP contribution in [0.2, 0.25) is 0 Å². The Bertz CT molecular complexity index is 865. The van der Waals surface area contributed by atoms with Gasteiger partial charge in [-0.1, -0.05) is 6.07 Å². The summed E-state index contributed by atoms with van der Waals surface area (Å²) in [5, 5.41) is 2.54. The molecule has 126 valence electrons. The van der Waals surface area contributed by atoms with E-state index < -0.39 is 15.9 Å². The number of carbonyl (C=O) groups excluding carboxylic acids is 2. The molecule has 9 nitrogen and oxygen atoms in total. The molecule has 24 heavy (non-hydrogen) atoms. The minimum atomic E-state index is -3.90. The van der Waals surface area contributed by atoms with Crippen molar-refractivity contribution >= 4 is 33.3 Å². The summed E-state index contributed by atoms with van der Waals surface area (Å²) in [6.07, 6.45) is 0. The van der Waals surface area contributed by atoms with E-state index in [4.69, 9.17) is 5.84 Å². The number of nitrogens with zero attached hydrogens (tertiary/aromatic N) is 1. The highest BCUT2D eigenvalue weighted by molar-refractivity contribution is 7.92. The molecule has 0 unspecified atom stereocenters. The van der Waals surface area contributed by atoms with Crippen LogP contribution in [-0.4, -0.2) is 25.2 Å². The summed E-state index contributed by atoms with van der Waals surface area (Å²) in [6.45, 7) is 1.35. The Hall–Kier alpha value is -2.98. The van der Waals surface area contributed by atoms with E-state index in [1.807, 2.05) is 5.43 Å². The second-order valence-electron chi connectivity index (χ2n) is 4.69. The van der Waals surface area contributed by atoms with Crippen LogP contribution in [0.5, 0.6) is 0 Å². The zero-order valence-corrected chi connectivity index (χ0v) is 13.4. The molecule has 10 heteroatoms. The zero-order chi connectivity index (χ0) is 17.7. The maximum absolute atomic E-state index is 12.3. The van der Waals surface area contributed by atoms with Gasteiger partial charge >= 0.3 is 0 Å². The number of amides is 2. The quantitative estimate of drug-likeness (QED) is 0.350. The first-order valence-corrected chi connectivity index (χ1v) is 8.18. The number of hydrazine groups is 1. The Morgan fingerprint density at radius 2 is 1.75 bits per heavy atom. The second kappa shape index (κ2) is 7.06. The maximum atomic E-state index is 12.3. The molecule has 1 aromatic carbocycles. The molecule has 0 aliphatic rings. The molecule has 0 aliphatic heterocycles. The Morgan fingerprint density at radius 3 is 2.33 bits per heavy atom. The van der Waals surface area contributed by atoms with Crippen molar-refractivity contribution < 1.29 is 18.0 Å². The lowest BCUT2D eigenvalue weighted by Gasteiger charge is -2.09. The van der Waals surface area contributed by atoms with E-state index in [2.05, 4.69) is 15.0 Å². The molecular weight excluding hydrogens is 334 g/mol. The lowest BCUT2D eigenvalue weighted by Crippen LogP contribution is -2.30. The van der Waals surface area contributed by atoms with E-state index in [1.54, 1.807) is 0 Å². The fourth-order valence-electron chi connectivity index (χ4n) is 1.81. The molecule has 0 radical (unpaired) electrons. The minimum absolute atomic E-state index is 0.0212. The number of sulfonamides is 1. The van der Waals surface area contributed by atoms with Crippen LogP contribution in [-0.2, 0) is 14.8 Å². The molecule has 2 aromatic rings. The fourth-order valence-corrected chi connectivity index (χ4v) is 2.81. The van der Waals surface area contributed by atoms with Gasteiger partial charge in [0.25, 0.3) is 15.9 Å². The van der Waals surface area contributed by atoms with E-state index in [9.17, 15) is 18.0 Å². The third kappa shape index (κ3) is 4.27. The molecule has 0 saturated heterocycles. The highest BCUT2D eigenvalue weighted by Gasteiger charge is 2.16. The number of anilines is 2. The van der Waals surface area contributed by atoms with Gasteiger partial charge in [0.1, 0.15) is 11.5 Å². The Balaban J connectivity index is 2.22. The third-order valence-corrected chi connectivity index (χ3v) is 4.21. The topological polar surface area (TPSA) is 143 Å². The molecule has 1 aromatic heterocycles. The van der Waals surface area contributed by atoms with Gasteiger partial charge in [-0.05, 0) is 36.4 Å². The first-order chi connectivity index (χ1) is 11.3. The van der Waals surface area contributed by atoms with Crippen molar-refractivity contribution in [3.63, 3.8) is 0 Å². The van der Waals surface area contributed by atoms with Gasteiger partial charge < -0.3 is 5.32 Å². The van der Waals surface area contributed by atoms with Gasteiger partial charge in [-0.3, -0.25) is 19.7 Å². The lowest BCUT2D eigenvalue weighted by molar-refractivity contribution is -0.114. The van der Waals surface area contributed by atoms with Crippen LogP contribution in [0.4, 0.5) is 11.5 Å². The predicted molar refractivity (Wildman–Crippen MR) is 87.4 cm³/mol. The normalized spacial score (nSPS) is 10.8. The number of aromatic nitrogens is 1. The molecule has 0 spiro atoms. The van der Waals surface area contributed by atoms with Gasteiger partial charge in [-0.25, -0.2) is 19.2 Å². The Labute approximate surface area is 138 Å². The number of benzene rings is 1. The van der Waals surface area contributed by atoms with Gasteiger partial charge in [0.15, 0.2) is 0 Å². The summed E-state index contributed by atoms with van der Waals surface area (Å²) < 4.78 is 26.9. The van der Waals surface area contributed by atoms with E-state index in [-0.39, 0.29) is 22.3 Å². The van der Waals surface area contributed by atoms with Gasteiger partial charge in [0.05, 0.1) is 4.90 Å². The Morgan fingerprint density at radius 1 is 1.08 bits per heavy atom. The third-order valence-electron chi connectivity index (χ3n) is 2.84. The van der Waals surface area contributed by atoms with Crippen molar-refractivity contribution in [2.24, 2.45) is 5.84 Å². The predicted octanol–water partition coefficient (Wildman–Crippen LogP) is 0.444. The average Bonchev–Trinajstić information content (AvgIpc) is 2.54. The summed E-state index contributed by atoms with van der Waals surface area (Å²) >= 11 is 0. The molecular formula is C14H15N5O4S. The second-order valence-corrected chi connectivity index (χ2v) is 6.37. The van der Waals surface area contributed by atoms with Crippen LogP contribution in [0.15, 0.2) is 47.4 Å². The summed E-state index contributed by atoms with van der Waals surface area (Å²) in [4.78, 5) is 26.2. The van der Waals surface area contributed by atoms with Gasteiger partial charge in [0, 0.05) is 12.6 Å². The first-order valence-electron chi connectivity index (χ1n) is 6.70. The summed E-state index contributed by atoms with van der Waals surface area (Å²) in [6, 6.07) is 9.85. The number of pyridine rings is 1. The number of nitrogens with one attached hydrogen (secondary N) is 3. The molecule has 0 fully saturated rings. The smallest absolute Gasteiger partial charge is 0.283 e.